The highest BCUT2D eigenvalue weighted by Gasteiger charge is 2.35. The largest absolute Gasteiger partial charge is 0.331 e. The lowest BCUT2D eigenvalue weighted by molar-refractivity contribution is -0.140. The first-order valence-electron chi connectivity index (χ1n) is 8.26. The predicted octanol–water partition coefficient (Wildman–Crippen LogP) is 2.64. The van der Waals surface area contributed by atoms with E-state index in [2.05, 4.69) is 35.5 Å². The van der Waals surface area contributed by atoms with Gasteiger partial charge in [-0.2, -0.15) is 0 Å². The Bertz CT molecular complexity index is 502. The molecule has 1 atom stereocenters. The summed E-state index contributed by atoms with van der Waals surface area (Å²) < 4.78 is 2.06. The molecule has 0 radical (unpaired) electrons. The summed E-state index contributed by atoms with van der Waals surface area (Å²) in [7, 11) is 0. The standard InChI is InChI=1S/C16H26N4O/c1-11(2)13-4-6-14(7-5-13)16(21)20-9-8-19-10-17-18-15(19)12(20)3/h10-14H,4-9H2,1-3H3. The molecule has 2 heterocycles. The highest BCUT2D eigenvalue weighted by atomic mass is 16.2. The van der Waals surface area contributed by atoms with Gasteiger partial charge in [-0.25, -0.2) is 0 Å². The zero-order chi connectivity index (χ0) is 15.0. The van der Waals surface area contributed by atoms with E-state index in [1.165, 1.54) is 12.8 Å². The minimum absolute atomic E-state index is 0.0524. The highest BCUT2D eigenvalue weighted by molar-refractivity contribution is 5.79. The number of carbonyl (C=O) groups excluding carboxylic acids is 1. The highest BCUT2D eigenvalue weighted by Crippen LogP contribution is 2.35. The van der Waals surface area contributed by atoms with Crippen LogP contribution in [-0.2, 0) is 11.3 Å². The van der Waals surface area contributed by atoms with E-state index in [9.17, 15) is 4.79 Å². The minimum Gasteiger partial charge on any atom is -0.331 e. The van der Waals surface area contributed by atoms with Crippen LogP contribution in [0.1, 0.15) is 58.3 Å². The van der Waals surface area contributed by atoms with Crippen LogP contribution in [0.3, 0.4) is 0 Å². The van der Waals surface area contributed by atoms with Gasteiger partial charge in [0.1, 0.15) is 6.33 Å². The first kappa shape index (κ1) is 14.5. The number of hydrogen-bond acceptors (Lipinski definition) is 3. The van der Waals surface area contributed by atoms with Gasteiger partial charge in [0.2, 0.25) is 5.91 Å². The van der Waals surface area contributed by atoms with Crippen molar-refractivity contribution in [1.29, 1.82) is 0 Å². The van der Waals surface area contributed by atoms with E-state index < -0.39 is 0 Å². The summed E-state index contributed by atoms with van der Waals surface area (Å²) in [6.45, 7) is 8.27. The average Bonchev–Trinajstić information content (AvgIpc) is 2.96. The Hall–Kier alpha value is -1.39. The van der Waals surface area contributed by atoms with Gasteiger partial charge < -0.3 is 9.47 Å². The number of carbonyl (C=O) groups is 1. The summed E-state index contributed by atoms with van der Waals surface area (Å²) in [5.41, 5.74) is 0. The Morgan fingerprint density at radius 3 is 2.62 bits per heavy atom. The topological polar surface area (TPSA) is 51.0 Å². The van der Waals surface area contributed by atoms with Gasteiger partial charge in [-0.05, 0) is 44.4 Å². The van der Waals surface area contributed by atoms with Crippen molar-refractivity contribution in [3.05, 3.63) is 12.2 Å². The van der Waals surface area contributed by atoms with Crippen LogP contribution in [0.15, 0.2) is 6.33 Å². The van der Waals surface area contributed by atoms with E-state index in [4.69, 9.17) is 0 Å². The molecule has 1 unspecified atom stereocenters. The maximum absolute atomic E-state index is 12.8. The van der Waals surface area contributed by atoms with Gasteiger partial charge in [0.15, 0.2) is 5.82 Å². The third-order valence-electron chi connectivity index (χ3n) is 5.42. The molecule has 21 heavy (non-hydrogen) atoms. The number of nitrogens with zero attached hydrogens (tertiary/aromatic N) is 4. The Morgan fingerprint density at radius 2 is 1.95 bits per heavy atom. The van der Waals surface area contributed by atoms with E-state index in [1.807, 2.05) is 4.90 Å². The fourth-order valence-corrected chi connectivity index (χ4v) is 3.88. The average molecular weight is 290 g/mol. The van der Waals surface area contributed by atoms with E-state index in [1.54, 1.807) is 6.33 Å². The summed E-state index contributed by atoms with van der Waals surface area (Å²) in [4.78, 5) is 14.9. The molecule has 1 aliphatic carbocycles. The summed E-state index contributed by atoms with van der Waals surface area (Å²) in [5, 5.41) is 8.13. The molecule has 1 amide bonds. The molecule has 0 saturated heterocycles. The van der Waals surface area contributed by atoms with Crippen molar-refractivity contribution in [2.75, 3.05) is 6.54 Å². The monoisotopic (exact) mass is 290 g/mol. The molecule has 0 N–H and O–H groups in total. The molecule has 0 spiro atoms. The minimum atomic E-state index is 0.0524. The van der Waals surface area contributed by atoms with Crippen molar-refractivity contribution in [3.63, 3.8) is 0 Å². The number of rotatable bonds is 2. The van der Waals surface area contributed by atoms with E-state index in [0.717, 1.165) is 43.6 Å². The van der Waals surface area contributed by atoms with Gasteiger partial charge in [0.05, 0.1) is 6.04 Å². The maximum Gasteiger partial charge on any atom is 0.226 e. The number of amides is 1. The molecule has 1 fully saturated rings. The summed E-state index contributed by atoms with van der Waals surface area (Å²) in [6, 6.07) is 0.0524. The third-order valence-corrected chi connectivity index (χ3v) is 5.42. The molecular formula is C16H26N4O. The van der Waals surface area contributed by atoms with Gasteiger partial charge in [0.25, 0.3) is 0 Å². The first-order valence-corrected chi connectivity index (χ1v) is 8.26. The van der Waals surface area contributed by atoms with Crippen molar-refractivity contribution in [2.24, 2.45) is 17.8 Å². The summed E-state index contributed by atoms with van der Waals surface area (Å²) in [5.74, 6) is 3.02. The zero-order valence-electron chi connectivity index (χ0n) is 13.3. The first-order chi connectivity index (χ1) is 10.1. The van der Waals surface area contributed by atoms with Crippen LogP contribution in [0.5, 0.6) is 0 Å². The number of aromatic nitrogens is 3. The molecule has 1 aromatic heterocycles. The lowest BCUT2D eigenvalue weighted by Crippen LogP contribution is -2.44. The number of hydrogen-bond donors (Lipinski definition) is 0. The molecule has 5 nitrogen and oxygen atoms in total. The van der Waals surface area contributed by atoms with E-state index in [0.29, 0.717) is 5.91 Å². The lowest BCUT2D eigenvalue weighted by Gasteiger charge is -2.38. The molecule has 3 rings (SSSR count). The zero-order valence-corrected chi connectivity index (χ0v) is 13.3. The molecule has 1 saturated carbocycles. The third kappa shape index (κ3) is 2.70. The normalized spacial score (nSPS) is 29.5. The number of fused-ring (bicyclic) bond motifs is 1. The van der Waals surface area contributed by atoms with E-state index in [-0.39, 0.29) is 12.0 Å². The van der Waals surface area contributed by atoms with Crippen molar-refractivity contribution in [2.45, 2.75) is 59.0 Å². The van der Waals surface area contributed by atoms with Crippen molar-refractivity contribution < 1.29 is 4.79 Å². The second-order valence-corrected chi connectivity index (χ2v) is 6.95. The Kier molecular flexibility index (Phi) is 4.00. The molecular weight excluding hydrogens is 264 g/mol. The second kappa shape index (κ2) is 5.78. The van der Waals surface area contributed by atoms with Gasteiger partial charge in [-0.1, -0.05) is 13.8 Å². The molecule has 0 aromatic carbocycles. The molecule has 5 heteroatoms. The van der Waals surface area contributed by atoms with E-state index >= 15 is 0 Å². The summed E-state index contributed by atoms with van der Waals surface area (Å²) in [6.07, 6.45) is 6.27. The van der Waals surface area contributed by atoms with Crippen LogP contribution in [-0.4, -0.2) is 32.1 Å². The van der Waals surface area contributed by atoms with Crippen molar-refractivity contribution in [1.82, 2.24) is 19.7 Å². The predicted molar refractivity (Wildman–Crippen MR) is 80.4 cm³/mol. The molecule has 2 aliphatic rings. The second-order valence-electron chi connectivity index (χ2n) is 6.95. The molecule has 0 bridgehead atoms. The van der Waals surface area contributed by atoms with Crippen LogP contribution >= 0.6 is 0 Å². The molecule has 1 aromatic rings. The van der Waals surface area contributed by atoms with Crippen LogP contribution in [0, 0.1) is 17.8 Å². The van der Waals surface area contributed by atoms with Gasteiger partial charge in [0, 0.05) is 19.0 Å². The molecule has 1 aliphatic heterocycles. The Balaban J connectivity index is 1.64. The smallest absolute Gasteiger partial charge is 0.226 e. The fraction of sp³-hybridized carbons (Fsp3) is 0.812. The van der Waals surface area contributed by atoms with Crippen molar-refractivity contribution >= 4 is 5.91 Å². The van der Waals surface area contributed by atoms with Crippen LogP contribution in [0.4, 0.5) is 0 Å². The Labute approximate surface area is 126 Å². The molecule has 116 valence electrons. The van der Waals surface area contributed by atoms with Crippen LogP contribution in [0.25, 0.3) is 0 Å². The SMILES string of the molecule is CC(C)C1CCC(C(=O)N2CCn3cnnc3C2C)CC1. The Morgan fingerprint density at radius 1 is 1.24 bits per heavy atom. The van der Waals surface area contributed by atoms with Gasteiger partial charge >= 0.3 is 0 Å². The quantitative estimate of drug-likeness (QED) is 0.841. The fourth-order valence-electron chi connectivity index (χ4n) is 3.88. The summed E-state index contributed by atoms with van der Waals surface area (Å²) >= 11 is 0. The van der Waals surface area contributed by atoms with Crippen LogP contribution < -0.4 is 0 Å². The lowest BCUT2D eigenvalue weighted by atomic mass is 9.76. The van der Waals surface area contributed by atoms with Gasteiger partial charge in [-0.3, -0.25) is 4.79 Å². The van der Waals surface area contributed by atoms with Crippen LogP contribution in [0.2, 0.25) is 0 Å². The van der Waals surface area contributed by atoms with Gasteiger partial charge in [-0.15, -0.1) is 10.2 Å². The maximum atomic E-state index is 12.8. The van der Waals surface area contributed by atoms with Crippen molar-refractivity contribution in [3.8, 4) is 0 Å².